The summed E-state index contributed by atoms with van der Waals surface area (Å²) in [5.41, 5.74) is 3.66. The van der Waals surface area contributed by atoms with Crippen LogP contribution >= 0.6 is 11.3 Å². The Morgan fingerprint density at radius 3 is 2.68 bits per heavy atom. The summed E-state index contributed by atoms with van der Waals surface area (Å²) in [6.45, 7) is 4.83. The third-order valence-electron chi connectivity index (χ3n) is 5.84. The van der Waals surface area contributed by atoms with E-state index in [1.54, 1.807) is 17.4 Å². The molecule has 1 aliphatic rings. The second kappa shape index (κ2) is 9.02. The van der Waals surface area contributed by atoms with E-state index in [1.165, 1.54) is 33.5 Å². The van der Waals surface area contributed by atoms with Crippen LogP contribution in [0, 0.1) is 12.7 Å². The molecule has 6 heteroatoms. The van der Waals surface area contributed by atoms with Crippen molar-refractivity contribution in [1.29, 1.82) is 0 Å². The van der Waals surface area contributed by atoms with Crippen molar-refractivity contribution in [3.05, 3.63) is 92.9 Å². The van der Waals surface area contributed by atoms with Gasteiger partial charge in [0.15, 0.2) is 0 Å². The van der Waals surface area contributed by atoms with Crippen molar-refractivity contribution in [1.82, 2.24) is 9.80 Å². The van der Waals surface area contributed by atoms with Crippen molar-refractivity contribution in [3.63, 3.8) is 0 Å². The fraction of sp³-hybridized carbons (Fsp3) is 0.280. The van der Waals surface area contributed by atoms with Crippen LogP contribution in [-0.2, 0) is 11.2 Å². The van der Waals surface area contributed by atoms with E-state index in [2.05, 4.69) is 30.5 Å². The van der Waals surface area contributed by atoms with Gasteiger partial charge in [-0.1, -0.05) is 30.3 Å². The second-order valence-electron chi connectivity index (χ2n) is 7.73. The molecule has 4 nitrogen and oxygen atoms in total. The van der Waals surface area contributed by atoms with Gasteiger partial charge in [0, 0.05) is 23.5 Å². The molecule has 0 radical (unpaired) electrons. The minimum absolute atomic E-state index is 0.0340. The predicted molar refractivity (Wildman–Crippen MR) is 121 cm³/mol. The average Bonchev–Trinajstić information content (AvgIpc) is 3.25. The molecule has 160 valence electrons. The lowest BCUT2D eigenvalue weighted by Crippen LogP contribution is -2.46. The average molecular weight is 437 g/mol. The summed E-state index contributed by atoms with van der Waals surface area (Å²) in [6, 6.07) is 15.7. The van der Waals surface area contributed by atoms with E-state index in [0.29, 0.717) is 13.1 Å². The Balaban J connectivity index is 1.62. The van der Waals surface area contributed by atoms with Gasteiger partial charge in [-0.3, -0.25) is 9.59 Å². The molecule has 0 aliphatic carbocycles. The molecule has 0 N–H and O–H groups in total. The Bertz CT molecular complexity index is 1110. The molecule has 1 aliphatic heterocycles. The number of amides is 2. The van der Waals surface area contributed by atoms with Crippen molar-refractivity contribution in [2.75, 3.05) is 19.6 Å². The molecule has 1 aromatic heterocycles. The standard InChI is InChI=1S/C25H25FN2O2S/c1-3-27(25(30)18-8-6-9-19(26)15-18)16-23(29)28-13-11-22-21(12-14-31-22)24(28)20-10-5-4-7-17(20)2/h4-10,12,14-15,24H,3,11,13,16H2,1-2H3. The molecular weight excluding hydrogens is 411 g/mol. The Labute approximate surface area is 185 Å². The number of hydrogen-bond acceptors (Lipinski definition) is 3. The number of likely N-dealkylation sites (N-methyl/N-ethyl adjacent to an activating group) is 1. The van der Waals surface area contributed by atoms with Gasteiger partial charge < -0.3 is 9.80 Å². The van der Waals surface area contributed by atoms with Gasteiger partial charge >= 0.3 is 0 Å². The summed E-state index contributed by atoms with van der Waals surface area (Å²) in [5, 5.41) is 2.08. The summed E-state index contributed by atoms with van der Waals surface area (Å²) < 4.78 is 13.6. The molecule has 31 heavy (non-hydrogen) atoms. The molecule has 4 rings (SSSR count). The molecule has 2 heterocycles. The van der Waals surface area contributed by atoms with Gasteiger partial charge in [-0.2, -0.15) is 0 Å². The van der Waals surface area contributed by atoms with E-state index in [0.717, 1.165) is 17.5 Å². The molecule has 3 aromatic rings. The highest BCUT2D eigenvalue weighted by molar-refractivity contribution is 7.10. The van der Waals surface area contributed by atoms with Crippen molar-refractivity contribution in [2.45, 2.75) is 26.3 Å². The molecule has 0 fully saturated rings. The van der Waals surface area contributed by atoms with Gasteiger partial charge in [-0.05, 0) is 66.6 Å². The van der Waals surface area contributed by atoms with Crippen molar-refractivity contribution in [2.24, 2.45) is 0 Å². The molecule has 1 atom stereocenters. The van der Waals surface area contributed by atoms with Crippen LogP contribution in [0.2, 0.25) is 0 Å². The van der Waals surface area contributed by atoms with Crippen LogP contribution in [0.15, 0.2) is 60.0 Å². The second-order valence-corrected chi connectivity index (χ2v) is 8.73. The molecule has 0 spiro atoms. The van der Waals surface area contributed by atoms with Gasteiger partial charge in [-0.15, -0.1) is 11.3 Å². The highest BCUT2D eigenvalue weighted by atomic mass is 32.1. The molecule has 2 aromatic carbocycles. The third kappa shape index (κ3) is 4.26. The van der Waals surface area contributed by atoms with Crippen LogP contribution in [0.4, 0.5) is 4.39 Å². The first kappa shape index (κ1) is 21.2. The van der Waals surface area contributed by atoms with Crippen LogP contribution < -0.4 is 0 Å². The number of fused-ring (bicyclic) bond motifs is 1. The number of carbonyl (C=O) groups is 2. The number of thiophene rings is 1. The lowest BCUT2D eigenvalue weighted by Gasteiger charge is -2.38. The smallest absolute Gasteiger partial charge is 0.254 e. The molecular formula is C25H25FN2O2S. The summed E-state index contributed by atoms with van der Waals surface area (Å²) >= 11 is 1.73. The summed E-state index contributed by atoms with van der Waals surface area (Å²) in [4.78, 5) is 31.0. The topological polar surface area (TPSA) is 40.6 Å². The van der Waals surface area contributed by atoms with E-state index in [9.17, 15) is 14.0 Å². The maximum atomic E-state index is 13.6. The minimum atomic E-state index is -0.464. The molecule has 1 unspecified atom stereocenters. The normalized spacial score (nSPS) is 15.5. The fourth-order valence-electron chi connectivity index (χ4n) is 4.20. The number of hydrogen-bond donors (Lipinski definition) is 0. The maximum Gasteiger partial charge on any atom is 0.254 e. The van der Waals surface area contributed by atoms with E-state index in [1.807, 2.05) is 24.0 Å². The first-order valence-corrected chi connectivity index (χ1v) is 11.3. The highest BCUT2D eigenvalue weighted by Gasteiger charge is 2.34. The minimum Gasteiger partial charge on any atom is -0.330 e. The number of aryl methyl sites for hydroxylation is 1. The zero-order valence-electron chi connectivity index (χ0n) is 17.7. The molecule has 0 saturated heterocycles. The van der Waals surface area contributed by atoms with Gasteiger partial charge in [0.25, 0.3) is 5.91 Å². The van der Waals surface area contributed by atoms with E-state index >= 15 is 0 Å². The highest BCUT2D eigenvalue weighted by Crippen LogP contribution is 2.39. The molecule has 0 bridgehead atoms. The van der Waals surface area contributed by atoms with Crippen LogP contribution in [0.1, 0.15) is 44.9 Å². The van der Waals surface area contributed by atoms with E-state index in [-0.39, 0.29) is 30.0 Å². The quantitative estimate of drug-likeness (QED) is 0.575. The number of benzene rings is 2. The first-order valence-electron chi connectivity index (χ1n) is 10.5. The first-order chi connectivity index (χ1) is 15.0. The van der Waals surface area contributed by atoms with Crippen LogP contribution in [-0.4, -0.2) is 41.2 Å². The fourth-order valence-corrected chi connectivity index (χ4v) is 5.10. The van der Waals surface area contributed by atoms with Crippen molar-refractivity contribution in [3.8, 4) is 0 Å². The van der Waals surface area contributed by atoms with Gasteiger partial charge in [-0.25, -0.2) is 4.39 Å². The number of nitrogens with zero attached hydrogens (tertiary/aromatic N) is 2. The van der Waals surface area contributed by atoms with Crippen LogP contribution in [0.3, 0.4) is 0 Å². The zero-order valence-corrected chi connectivity index (χ0v) is 18.5. The van der Waals surface area contributed by atoms with Crippen LogP contribution in [0.25, 0.3) is 0 Å². The monoisotopic (exact) mass is 436 g/mol. The van der Waals surface area contributed by atoms with Gasteiger partial charge in [0.1, 0.15) is 12.4 Å². The van der Waals surface area contributed by atoms with Gasteiger partial charge in [0.05, 0.1) is 6.04 Å². The molecule has 0 saturated carbocycles. The summed E-state index contributed by atoms with van der Waals surface area (Å²) in [7, 11) is 0. The van der Waals surface area contributed by atoms with E-state index < -0.39 is 5.82 Å². The molecule has 2 amide bonds. The van der Waals surface area contributed by atoms with Crippen molar-refractivity contribution < 1.29 is 14.0 Å². The van der Waals surface area contributed by atoms with Crippen LogP contribution in [0.5, 0.6) is 0 Å². The SMILES string of the molecule is CCN(CC(=O)N1CCc2sccc2C1c1ccccc1C)C(=O)c1cccc(F)c1. The number of rotatable bonds is 5. The Hall–Kier alpha value is -2.99. The number of halogens is 1. The third-order valence-corrected chi connectivity index (χ3v) is 6.83. The Morgan fingerprint density at radius 1 is 1.13 bits per heavy atom. The zero-order chi connectivity index (χ0) is 22.0. The number of carbonyl (C=O) groups excluding carboxylic acids is 2. The predicted octanol–water partition coefficient (Wildman–Crippen LogP) is 4.83. The Kier molecular flexibility index (Phi) is 6.18. The largest absolute Gasteiger partial charge is 0.330 e. The van der Waals surface area contributed by atoms with Gasteiger partial charge in [0.2, 0.25) is 5.91 Å². The van der Waals surface area contributed by atoms with Crippen molar-refractivity contribution >= 4 is 23.2 Å². The maximum absolute atomic E-state index is 13.6. The summed E-state index contributed by atoms with van der Waals surface area (Å²) in [5.74, 6) is -0.901. The summed E-state index contributed by atoms with van der Waals surface area (Å²) in [6.07, 6.45) is 0.811. The van der Waals surface area contributed by atoms with E-state index in [4.69, 9.17) is 0 Å². The Morgan fingerprint density at radius 2 is 1.94 bits per heavy atom. The lowest BCUT2D eigenvalue weighted by atomic mass is 9.90. The lowest BCUT2D eigenvalue weighted by molar-refractivity contribution is -0.134.